The van der Waals surface area contributed by atoms with E-state index in [0.29, 0.717) is 0 Å². The Bertz CT molecular complexity index is 157. The molecule has 0 unspecified atom stereocenters. The van der Waals surface area contributed by atoms with Gasteiger partial charge in [0.1, 0.15) is 0 Å². The topological polar surface area (TPSA) is 18.5 Å². The predicted octanol–water partition coefficient (Wildman–Crippen LogP) is 2.89. The lowest BCUT2D eigenvalue weighted by Gasteiger charge is -2.26. The van der Waals surface area contributed by atoms with Crippen LogP contribution in [0, 0.1) is 0 Å². The minimum atomic E-state index is -0.256. The molecule has 0 radical (unpaired) electrons. The third kappa shape index (κ3) is 3.12. The van der Waals surface area contributed by atoms with E-state index in [0.717, 1.165) is 38.9 Å². The summed E-state index contributed by atoms with van der Waals surface area (Å²) >= 11 is 0. The van der Waals surface area contributed by atoms with Crippen molar-refractivity contribution in [2.75, 3.05) is 13.2 Å². The number of allylic oxidation sites excluding steroid dienone is 2. The second kappa shape index (κ2) is 5.40. The first kappa shape index (κ1) is 10.7. The molecule has 2 heteroatoms. The molecule has 0 N–H and O–H groups in total. The number of hydrogen-bond acceptors (Lipinski definition) is 2. The predicted molar refractivity (Wildman–Crippen MR) is 53.6 cm³/mol. The molecule has 0 amide bonds. The molecule has 2 nitrogen and oxygen atoms in total. The lowest BCUT2D eigenvalue weighted by molar-refractivity contribution is -0.166. The number of ether oxygens (including phenoxy) is 2. The average Bonchev–Trinajstić information content (AvgIpc) is 2.55. The van der Waals surface area contributed by atoms with Crippen LogP contribution in [-0.4, -0.2) is 19.0 Å². The Kier molecular flexibility index (Phi) is 4.46. The van der Waals surface area contributed by atoms with Crippen molar-refractivity contribution in [1.29, 1.82) is 0 Å². The summed E-state index contributed by atoms with van der Waals surface area (Å²) in [4.78, 5) is 0. The number of rotatable bonds is 5. The fraction of sp³-hybridized carbons (Fsp3) is 0.818. The average molecular weight is 184 g/mol. The second-order valence-corrected chi connectivity index (χ2v) is 3.47. The minimum Gasteiger partial charge on any atom is -0.348 e. The zero-order chi connectivity index (χ0) is 9.57. The molecule has 0 aromatic heterocycles. The van der Waals surface area contributed by atoms with E-state index >= 15 is 0 Å². The van der Waals surface area contributed by atoms with Crippen molar-refractivity contribution in [3.63, 3.8) is 0 Å². The lowest BCUT2D eigenvalue weighted by Crippen LogP contribution is -2.29. The smallest absolute Gasteiger partial charge is 0.168 e. The summed E-state index contributed by atoms with van der Waals surface area (Å²) in [6.45, 7) is 5.73. The van der Waals surface area contributed by atoms with E-state index in [4.69, 9.17) is 9.47 Å². The highest BCUT2D eigenvalue weighted by molar-refractivity contribution is 4.82. The molecule has 1 heterocycles. The summed E-state index contributed by atoms with van der Waals surface area (Å²) in [6.07, 6.45) is 8.43. The summed E-state index contributed by atoms with van der Waals surface area (Å²) in [5.41, 5.74) is 0. The SMILES string of the molecule is C/C=C\CCC1(CCC)OCCO1. The minimum absolute atomic E-state index is 0.256. The van der Waals surface area contributed by atoms with Gasteiger partial charge in [-0.25, -0.2) is 0 Å². The van der Waals surface area contributed by atoms with Crippen molar-refractivity contribution in [1.82, 2.24) is 0 Å². The van der Waals surface area contributed by atoms with Crippen LogP contribution in [0.2, 0.25) is 0 Å². The van der Waals surface area contributed by atoms with Gasteiger partial charge in [-0.1, -0.05) is 25.5 Å². The van der Waals surface area contributed by atoms with E-state index in [-0.39, 0.29) is 5.79 Å². The van der Waals surface area contributed by atoms with Gasteiger partial charge in [-0.05, 0) is 13.3 Å². The van der Waals surface area contributed by atoms with E-state index in [2.05, 4.69) is 19.1 Å². The molecule has 76 valence electrons. The molecule has 0 aliphatic carbocycles. The molecule has 13 heavy (non-hydrogen) atoms. The lowest BCUT2D eigenvalue weighted by atomic mass is 10.0. The molecule has 0 aromatic rings. The quantitative estimate of drug-likeness (QED) is 0.612. The molecule has 0 saturated carbocycles. The Hall–Kier alpha value is -0.340. The summed E-state index contributed by atoms with van der Waals surface area (Å²) in [5.74, 6) is -0.256. The fourth-order valence-electron chi connectivity index (χ4n) is 1.76. The van der Waals surface area contributed by atoms with Crippen LogP contribution in [0.25, 0.3) is 0 Å². The van der Waals surface area contributed by atoms with Gasteiger partial charge >= 0.3 is 0 Å². The van der Waals surface area contributed by atoms with Gasteiger partial charge in [0.25, 0.3) is 0 Å². The van der Waals surface area contributed by atoms with Gasteiger partial charge in [0, 0.05) is 12.8 Å². The van der Waals surface area contributed by atoms with E-state index in [9.17, 15) is 0 Å². The Morgan fingerprint density at radius 3 is 2.46 bits per heavy atom. The first-order valence-corrected chi connectivity index (χ1v) is 5.22. The van der Waals surface area contributed by atoms with Crippen LogP contribution in [-0.2, 0) is 9.47 Å². The molecule has 1 saturated heterocycles. The maximum absolute atomic E-state index is 5.67. The molecule has 0 aromatic carbocycles. The molecular weight excluding hydrogens is 164 g/mol. The summed E-state index contributed by atoms with van der Waals surface area (Å²) in [6, 6.07) is 0. The van der Waals surface area contributed by atoms with Gasteiger partial charge < -0.3 is 9.47 Å². The van der Waals surface area contributed by atoms with Crippen LogP contribution in [0.4, 0.5) is 0 Å². The van der Waals surface area contributed by atoms with Gasteiger partial charge in [-0.2, -0.15) is 0 Å². The third-order valence-corrected chi connectivity index (χ3v) is 2.37. The van der Waals surface area contributed by atoms with Crippen molar-refractivity contribution in [2.45, 2.75) is 45.3 Å². The Labute approximate surface area is 80.9 Å². The monoisotopic (exact) mass is 184 g/mol. The van der Waals surface area contributed by atoms with Crippen molar-refractivity contribution < 1.29 is 9.47 Å². The summed E-state index contributed by atoms with van der Waals surface area (Å²) in [7, 11) is 0. The Morgan fingerprint density at radius 1 is 1.23 bits per heavy atom. The van der Waals surface area contributed by atoms with Gasteiger partial charge in [0.05, 0.1) is 13.2 Å². The molecular formula is C11H20O2. The second-order valence-electron chi connectivity index (χ2n) is 3.47. The first-order valence-electron chi connectivity index (χ1n) is 5.22. The van der Waals surface area contributed by atoms with E-state index < -0.39 is 0 Å². The van der Waals surface area contributed by atoms with Crippen molar-refractivity contribution in [3.05, 3.63) is 12.2 Å². The van der Waals surface area contributed by atoms with Crippen LogP contribution in [0.15, 0.2) is 12.2 Å². The van der Waals surface area contributed by atoms with Gasteiger partial charge in [0.2, 0.25) is 0 Å². The van der Waals surface area contributed by atoms with Crippen molar-refractivity contribution in [2.24, 2.45) is 0 Å². The van der Waals surface area contributed by atoms with Crippen LogP contribution in [0.5, 0.6) is 0 Å². The third-order valence-electron chi connectivity index (χ3n) is 2.37. The van der Waals surface area contributed by atoms with Gasteiger partial charge in [-0.3, -0.25) is 0 Å². The van der Waals surface area contributed by atoms with Crippen LogP contribution >= 0.6 is 0 Å². The highest BCUT2D eigenvalue weighted by Gasteiger charge is 2.34. The first-order chi connectivity index (χ1) is 6.33. The summed E-state index contributed by atoms with van der Waals surface area (Å²) in [5, 5.41) is 0. The standard InChI is InChI=1S/C11H20O2/c1-3-5-6-8-11(7-4-2)12-9-10-13-11/h3,5H,4,6-10H2,1-2H3/b5-3-. The molecule has 1 aliphatic rings. The van der Waals surface area contributed by atoms with Crippen LogP contribution in [0.3, 0.4) is 0 Å². The van der Waals surface area contributed by atoms with Crippen molar-refractivity contribution in [3.8, 4) is 0 Å². The Morgan fingerprint density at radius 2 is 1.92 bits per heavy atom. The molecule has 1 rings (SSSR count). The Balaban J connectivity index is 2.37. The highest BCUT2D eigenvalue weighted by Crippen LogP contribution is 2.29. The van der Waals surface area contributed by atoms with E-state index in [1.165, 1.54) is 0 Å². The van der Waals surface area contributed by atoms with E-state index in [1.807, 2.05) is 6.92 Å². The maximum Gasteiger partial charge on any atom is 0.168 e. The van der Waals surface area contributed by atoms with Gasteiger partial charge in [0.15, 0.2) is 5.79 Å². The van der Waals surface area contributed by atoms with E-state index in [1.54, 1.807) is 0 Å². The molecule has 0 atom stereocenters. The molecule has 0 bridgehead atoms. The molecule has 1 fully saturated rings. The molecule has 1 aliphatic heterocycles. The fourth-order valence-corrected chi connectivity index (χ4v) is 1.76. The summed E-state index contributed by atoms with van der Waals surface area (Å²) < 4.78 is 11.3. The zero-order valence-electron chi connectivity index (χ0n) is 8.71. The normalized spacial score (nSPS) is 21.4. The molecule has 0 spiro atoms. The van der Waals surface area contributed by atoms with Crippen molar-refractivity contribution >= 4 is 0 Å². The van der Waals surface area contributed by atoms with Gasteiger partial charge in [-0.15, -0.1) is 0 Å². The largest absolute Gasteiger partial charge is 0.348 e. The number of hydrogen-bond donors (Lipinski definition) is 0. The maximum atomic E-state index is 5.67. The van der Waals surface area contributed by atoms with Crippen LogP contribution in [0.1, 0.15) is 39.5 Å². The highest BCUT2D eigenvalue weighted by atomic mass is 16.7. The zero-order valence-corrected chi connectivity index (χ0v) is 8.71. The van der Waals surface area contributed by atoms with Crippen LogP contribution < -0.4 is 0 Å².